The standard InChI is InChI=1S/C13H14N2O3/c1-8-3-4-10(9(2)5-8)7-15-11(12(16)17)6-14-13(15)18/h3-6H,7H2,1-2H3,(H,14,18)(H,16,17). The van der Waals surface area contributed by atoms with Crippen molar-refractivity contribution in [3.8, 4) is 0 Å². The van der Waals surface area contributed by atoms with Crippen LogP contribution in [-0.2, 0) is 6.54 Å². The predicted octanol–water partition coefficient (Wildman–Crippen LogP) is 1.54. The van der Waals surface area contributed by atoms with Crippen LogP contribution >= 0.6 is 0 Å². The molecule has 0 fully saturated rings. The highest BCUT2D eigenvalue weighted by Crippen LogP contribution is 2.12. The second-order valence-electron chi connectivity index (χ2n) is 4.30. The molecule has 5 heteroatoms. The number of imidazole rings is 1. The van der Waals surface area contributed by atoms with Gasteiger partial charge in [-0.2, -0.15) is 0 Å². The van der Waals surface area contributed by atoms with Gasteiger partial charge in [-0.05, 0) is 25.0 Å². The summed E-state index contributed by atoms with van der Waals surface area (Å²) >= 11 is 0. The van der Waals surface area contributed by atoms with Crippen molar-refractivity contribution >= 4 is 5.97 Å². The first-order valence-corrected chi connectivity index (χ1v) is 5.56. The molecule has 18 heavy (non-hydrogen) atoms. The molecule has 2 rings (SSSR count). The molecule has 0 atom stereocenters. The van der Waals surface area contributed by atoms with Crippen LogP contribution in [0.15, 0.2) is 29.2 Å². The monoisotopic (exact) mass is 246 g/mol. The van der Waals surface area contributed by atoms with Crippen molar-refractivity contribution in [3.63, 3.8) is 0 Å². The number of carbonyl (C=O) groups is 1. The molecule has 1 aromatic carbocycles. The molecule has 0 spiro atoms. The molecule has 1 heterocycles. The fourth-order valence-electron chi connectivity index (χ4n) is 1.92. The zero-order valence-corrected chi connectivity index (χ0v) is 10.2. The van der Waals surface area contributed by atoms with Crippen LogP contribution in [0, 0.1) is 13.8 Å². The fourth-order valence-corrected chi connectivity index (χ4v) is 1.92. The Morgan fingerprint density at radius 1 is 1.39 bits per heavy atom. The van der Waals surface area contributed by atoms with Crippen LogP contribution < -0.4 is 5.69 Å². The first kappa shape index (κ1) is 12.2. The van der Waals surface area contributed by atoms with Gasteiger partial charge in [-0.25, -0.2) is 9.59 Å². The zero-order chi connectivity index (χ0) is 13.3. The summed E-state index contributed by atoms with van der Waals surface area (Å²) in [5.74, 6) is -1.11. The Morgan fingerprint density at radius 2 is 2.11 bits per heavy atom. The smallest absolute Gasteiger partial charge is 0.354 e. The quantitative estimate of drug-likeness (QED) is 0.862. The largest absolute Gasteiger partial charge is 0.477 e. The lowest BCUT2D eigenvalue weighted by atomic mass is 10.1. The molecule has 0 radical (unpaired) electrons. The minimum Gasteiger partial charge on any atom is -0.477 e. The van der Waals surface area contributed by atoms with Crippen molar-refractivity contribution in [3.05, 3.63) is 57.3 Å². The Balaban J connectivity index is 2.43. The van der Waals surface area contributed by atoms with Crippen LogP contribution in [0.3, 0.4) is 0 Å². The van der Waals surface area contributed by atoms with Crippen molar-refractivity contribution in [1.82, 2.24) is 9.55 Å². The Bertz CT molecular complexity index is 652. The number of hydrogen-bond acceptors (Lipinski definition) is 2. The second kappa shape index (κ2) is 4.52. The molecule has 0 aliphatic heterocycles. The number of aromatic carboxylic acids is 1. The van der Waals surface area contributed by atoms with Crippen LogP contribution in [0.2, 0.25) is 0 Å². The van der Waals surface area contributed by atoms with E-state index in [4.69, 9.17) is 5.11 Å². The lowest BCUT2D eigenvalue weighted by Crippen LogP contribution is -2.22. The van der Waals surface area contributed by atoms with E-state index in [0.29, 0.717) is 0 Å². The van der Waals surface area contributed by atoms with Gasteiger partial charge in [-0.1, -0.05) is 23.8 Å². The van der Waals surface area contributed by atoms with Crippen molar-refractivity contribution in [2.75, 3.05) is 0 Å². The average molecular weight is 246 g/mol. The van der Waals surface area contributed by atoms with Gasteiger partial charge in [0.25, 0.3) is 0 Å². The van der Waals surface area contributed by atoms with E-state index in [1.165, 1.54) is 10.8 Å². The Kier molecular flexibility index (Phi) is 3.06. The number of nitrogens with zero attached hydrogens (tertiary/aromatic N) is 1. The summed E-state index contributed by atoms with van der Waals surface area (Å²) in [5, 5.41) is 8.99. The third kappa shape index (κ3) is 2.20. The van der Waals surface area contributed by atoms with Gasteiger partial charge in [0, 0.05) is 6.20 Å². The summed E-state index contributed by atoms with van der Waals surface area (Å²) in [6.45, 7) is 4.19. The Labute approximate surface area is 104 Å². The van der Waals surface area contributed by atoms with Gasteiger partial charge in [-0.3, -0.25) is 4.57 Å². The zero-order valence-electron chi connectivity index (χ0n) is 10.2. The van der Waals surface area contributed by atoms with Crippen molar-refractivity contribution in [2.24, 2.45) is 0 Å². The number of rotatable bonds is 3. The molecule has 0 amide bonds. The van der Waals surface area contributed by atoms with Crippen LogP contribution in [0.5, 0.6) is 0 Å². The van der Waals surface area contributed by atoms with Crippen LogP contribution in [0.1, 0.15) is 27.2 Å². The van der Waals surface area contributed by atoms with Gasteiger partial charge in [0.05, 0.1) is 6.54 Å². The van der Waals surface area contributed by atoms with Gasteiger partial charge < -0.3 is 10.1 Å². The number of hydrogen-bond donors (Lipinski definition) is 2. The number of benzene rings is 1. The van der Waals surface area contributed by atoms with E-state index >= 15 is 0 Å². The fraction of sp³-hybridized carbons (Fsp3) is 0.231. The molecule has 0 saturated carbocycles. The normalized spacial score (nSPS) is 10.6. The van der Waals surface area contributed by atoms with E-state index in [1.54, 1.807) is 0 Å². The minimum absolute atomic E-state index is 0.0278. The molecule has 1 aromatic heterocycles. The maximum Gasteiger partial charge on any atom is 0.354 e. The highest BCUT2D eigenvalue weighted by Gasteiger charge is 2.13. The molecular weight excluding hydrogens is 232 g/mol. The third-order valence-corrected chi connectivity index (χ3v) is 2.91. The highest BCUT2D eigenvalue weighted by molar-refractivity contribution is 5.85. The second-order valence-corrected chi connectivity index (χ2v) is 4.30. The molecule has 2 aromatic rings. The minimum atomic E-state index is -1.11. The van der Waals surface area contributed by atoms with Crippen LogP contribution in [0.25, 0.3) is 0 Å². The van der Waals surface area contributed by atoms with E-state index in [2.05, 4.69) is 4.98 Å². The summed E-state index contributed by atoms with van der Waals surface area (Å²) < 4.78 is 1.22. The maximum absolute atomic E-state index is 11.6. The summed E-state index contributed by atoms with van der Waals surface area (Å²) in [4.78, 5) is 25.0. The number of H-pyrrole nitrogens is 1. The molecule has 0 aliphatic carbocycles. The Hall–Kier alpha value is -2.30. The van der Waals surface area contributed by atoms with E-state index in [9.17, 15) is 9.59 Å². The number of aromatic nitrogens is 2. The van der Waals surface area contributed by atoms with Gasteiger partial charge in [0.1, 0.15) is 5.69 Å². The number of carboxylic acids is 1. The molecule has 0 unspecified atom stereocenters. The van der Waals surface area contributed by atoms with Crippen molar-refractivity contribution < 1.29 is 9.90 Å². The number of nitrogens with one attached hydrogen (secondary N) is 1. The SMILES string of the molecule is Cc1ccc(Cn2c(C(=O)O)c[nH]c2=O)c(C)c1. The van der Waals surface area contributed by atoms with Gasteiger partial charge >= 0.3 is 11.7 Å². The first-order chi connectivity index (χ1) is 8.49. The van der Waals surface area contributed by atoms with Crippen molar-refractivity contribution in [2.45, 2.75) is 20.4 Å². The maximum atomic E-state index is 11.6. The van der Waals surface area contributed by atoms with Gasteiger partial charge in [0.15, 0.2) is 0 Å². The molecule has 2 N–H and O–H groups in total. The number of aromatic amines is 1. The van der Waals surface area contributed by atoms with Gasteiger partial charge in [0.2, 0.25) is 0 Å². The lowest BCUT2D eigenvalue weighted by Gasteiger charge is -2.08. The van der Waals surface area contributed by atoms with Gasteiger partial charge in [-0.15, -0.1) is 0 Å². The number of carboxylic acid groups (broad SMARTS) is 1. The predicted molar refractivity (Wildman–Crippen MR) is 67.0 cm³/mol. The van der Waals surface area contributed by atoms with E-state index in [0.717, 1.165) is 16.7 Å². The lowest BCUT2D eigenvalue weighted by molar-refractivity contribution is 0.0685. The average Bonchev–Trinajstić information content (AvgIpc) is 2.64. The van der Waals surface area contributed by atoms with Crippen LogP contribution in [0.4, 0.5) is 0 Å². The van der Waals surface area contributed by atoms with Crippen LogP contribution in [-0.4, -0.2) is 20.6 Å². The molecule has 94 valence electrons. The highest BCUT2D eigenvalue weighted by atomic mass is 16.4. The molecular formula is C13H14N2O3. The summed E-state index contributed by atoms with van der Waals surface area (Å²) in [6.07, 6.45) is 1.22. The van der Waals surface area contributed by atoms with E-state index in [-0.39, 0.29) is 12.2 Å². The van der Waals surface area contributed by atoms with Crippen molar-refractivity contribution in [1.29, 1.82) is 0 Å². The Morgan fingerprint density at radius 3 is 2.72 bits per heavy atom. The summed E-state index contributed by atoms with van der Waals surface area (Å²) in [5.41, 5.74) is 2.67. The first-order valence-electron chi connectivity index (χ1n) is 5.56. The number of aryl methyl sites for hydroxylation is 2. The topological polar surface area (TPSA) is 75.1 Å². The molecule has 0 bridgehead atoms. The van der Waals surface area contributed by atoms with E-state index < -0.39 is 11.7 Å². The molecule has 0 aliphatic rings. The van der Waals surface area contributed by atoms with E-state index in [1.807, 2.05) is 32.0 Å². The summed E-state index contributed by atoms with van der Waals surface area (Å²) in [6, 6.07) is 5.86. The third-order valence-electron chi connectivity index (χ3n) is 2.91. The summed E-state index contributed by atoms with van der Waals surface area (Å²) in [7, 11) is 0. The molecule has 0 saturated heterocycles. The molecule has 5 nitrogen and oxygen atoms in total.